The van der Waals surface area contributed by atoms with E-state index < -0.39 is 0 Å². The third kappa shape index (κ3) is 3.81. The van der Waals surface area contributed by atoms with E-state index in [1.807, 2.05) is 17.8 Å². The summed E-state index contributed by atoms with van der Waals surface area (Å²) in [6.45, 7) is 3.12. The topological polar surface area (TPSA) is 42.7 Å². The number of hydrogen-bond acceptors (Lipinski definition) is 3. The van der Waals surface area contributed by atoms with Gasteiger partial charge in [-0.1, -0.05) is 24.6 Å². The Morgan fingerprint density at radius 3 is 2.85 bits per heavy atom. The van der Waals surface area contributed by atoms with Gasteiger partial charge in [-0.2, -0.15) is 5.10 Å². The Kier molecular flexibility index (Phi) is 5.57. The van der Waals surface area contributed by atoms with Gasteiger partial charge < -0.3 is 5.32 Å². The smallest absolute Gasteiger partial charge is 0.138 e. The van der Waals surface area contributed by atoms with Crippen LogP contribution in [0.25, 0.3) is 0 Å². The molecule has 0 fully saturated rings. The summed E-state index contributed by atoms with van der Waals surface area (Å²) in [7, 11) is 1.91. The van der Waals surface area contributed by atoms with Crippen LogP contribution >= 0.6 is 27.5 Å². The monoisotopic (exact) mass is 356 g/mol. The van der Waals surface area contributed by atoms with E-state index in [-0.39, 0.29) is 6.04 Å². The lowest BCUT2D eigenvalue weighted by Crippen LogP contribution is -2.25. The normalized spacial score (nSPS) is 12.6. The standard InChI is InChI=1S/C14H18BrClN4/c1-3-6-17-13(8-14-18-9-19-20(14)2)10-4-5-12(16)11(15)7-10/h4-5,7,9,13,17H,3,6,8H2,1-2H3. The zero-order valence-electron chi connectivity index (χ0n) is 11.6. The molecule has 0 aliphatic rings. The van der Waals surface area contributed by atoms with Gasteiger partial charge in [0.1, 0.15) is 12.2 Å². The summed E-state index contributed by atoms with van der Waals surface area (Å²) in [5.74, 6) is 0.963. The molecule has 1 aromatic heterocycles. The van der Waals surface area contributed by atoms with E-state index >= 15 is 0 Å². The van der Waals surface area contributed by atoms with E-state index in [0.29, 0.717) is 0 Å². The first-order valence-corrected chi connectivity index (χ1v) is 7.80. The van der Waals surface area contributed by atoms with Crippen LogP contribution in [-0.4, -0.2) is 21.3 Å². The van der Waals surface area contributed by atoms with Crippen LogP contribution in [-0.2, 0) is 13.5 Å². The molecule has 20 heavy (non-hydrogen) atoms. The molecule has 0 amide bonds. The van der Waals surface area contributed by atoms with Crippen molar-refractivity contribution in [3.63, 3.8) is 0 Å². The molecule has 1 atom stereocenters. The van der Waals surface area contributed by atoms with E-state index in [1.54, 1.807) is 6.33 Å². The molecule has 0 saturated carbocycles. The number of halogens is 2. The van der Waals surface area contributed by atoms with Gasteiger partial charge in [0.15, 0.2) is 0 Å². The SMILES string of the molecule is CCCNC(Cc1ncnn1C)c1ccc(Cl)c(Br)c1. The quantitative estimate of drug-likeness (QED) is 0.860. The van der Waals surface area contributed by atoms with Crippen molar-refractivity contribution < 1.29 is 0 Å². The Hall–Kier alpha value is -0.910. The van der Waals surface area contributed by atoms with Crippen LogP contribution < -0.4 is 5.32 Å². The molecule has 0 bridgehead atoms. The lowest BCUT2D eigenvalue weighted by molar-refractivity contribution is 0.506. The zero-order valence-corrected chi connectivity index (χ0v) is 13.9. The summed E-state index contributed by atoms with van der Waals surface area (Å²) in [5, 5.41) is 8.40. The molecule has 108 valence electrons. The third-order valence-electron chi connectivity index (χ3n) is 3.18. The molecule has 2 rings (SSSR count). The van der Waals surface area contributed by atoms with Crippen molar-refractivity contribution in [2.24, 2.45) is 7.05 Å². The maximum Gasteiger partial charge on any atom is 0.138 e. The van der Waals surface area contributed by atoms with Crippen LogP contribution in [0.3, 0.4) is 0 Å². The molecular weight excluding hydrogens is 340 g/mol. The number of nitrogens with one attached hydrogen (secondary N) is 1. The third-order valence-corrected chi connectivity index (χ3v) is 4.39. The van der Waals surface area contributed by atoms with Gasteiger partial charge in [-0.3, -0.25) is 4.68 Å². The van der Waals surface area contributed by atoms with Gasteiger partial charge in [-0.25, -0.2) is 4.98 Å². The number of aromatic nitrogens is 3. The van der Waals surface area contributed by atoms with Crippen molar-refractivity contribution >= 4 is 27.5 Å². The number of hydrogen-bond donors (Lipinski definition) is 1. The second-order valence-electron chi connectivity index (χ2n) is 4.68. The first-order valence-electron chi connectivity index (χ1n) is 6.63. The van der Waals surface area contributed by atoms with E-state index in [1.165, 1.54) is 5.56 Å². The average molecular weight is 358 g/mol. The summed E-state index contributed by atoms with van der Waals surface area (Å²) in [4.78, 5) is 4.30. The van der Waals surface area contributed by atoms with E-state index in [4.69, 9.17) is 11.6 Å². The predicted octanol–water partition coefficient (Wildman–Crippen LogP) is 3.51. The second-order valence-corrected chi connectivity index (χ2v) is 5.95. The minimum absolute atomic E-state index is 0.200. The van der Waals surface area contributed by atoms with Crippen molar-refractivity contribution in [1.29, 1.82) is 0 Å². The Balaban J connectivity index is 2.22. The molecule has 1 aromatic carbocycles. The van der Waals surface area contributed by atoms with E-state index in [9.17, 15) is 0 Å². The Labute approximate surface area is 132 Å². The molecule has 2 aromatic rings. The van der Waals surface area contributed by atoms with Gasteiger partial charge in [0.2, 0.25) is 0 Å². The molecule has 0 radical (unpaired) electrons. The van der Waals surface area contributed by atoms with Crippen LogP contribution in [0.1, 0.15) is 30.8 Å². The van der Waals surface area contributed by atoms with Gasteiger partial charge >= 0.3 is 0 Å². The minimum atomic E-state index is 0.200. The summed E-state index contributed by atoms with van der Waals surface area (Å²) < 4.78 is 2.73. The Morgan fingerprint density at radius 1 is 1.45 bits per heavy atom. The molecule has 6 heteroatoms. The van der Waals surface area contributed by atoms with E-state index in [2.05, 4.69) is 50.4 Å². The fourth-order valence-electron chi connectivity index (χ4n) is 2.04. The van der Waals surface area contributed by atoms with Crippen molar-refractivity contribution in [2.45, 2.75) is 25.8 Å². The van der Waals surface area contributed by atoms with Gasteiger partial charge in [0.05, 0.1) is 5.02 Å². The molecular formula is C14H18BrClN4. The summed E-state index contributed by atoms with van der Waals surface area (Å²) in [6.07, 6.45) is 3.47. The lowest BCUT2D eigenvalue weighted by atomic mass is 10.0. The van der Waals surface area contributed by atoms with Crippen LogP contribution in [0.2, 0.25) is 5.02 Å². The van der Waals surface area contributed by atoms with Gasteiger partial charge in [0.25, 0.3) is 0 Å². The number of aryl methyl sites for hydroxylation is 1. The van der Waals surface area contributed by atoms with Crippen molar-refractivity contribution in [2.75, 3.05) is 6.54 Å². The second kappa shape index (κ2) is 7.20. The maximum atomic E-state index is 6.06. The Morgan fingerprint density at radius 2 is 2.25 bits per heavy atom. The summed E-state index contributed by atoms with van der Waals surface area (Å²) >= 11 is 9.55. The average Bonchev–Trinajstić information content (AvgIpc) is 2.83. The molecule has 1 heterocycles. The summed E-state index contributed by atoms with van der Waals surface area (Å²) in [6, 6.07) is 6.23. The molecule has 1 unspecified atom stereocenters. The minimum Gasteiger partial charge on any atom is -0.310 e. The van der Waals surface area contributed by atoms with Gasteiger partial charge in [-0.15, -0.1) is 0 Å². The van der Waals surface area contributed by atoms with Crippen LogP contribution in [0, 0.1) is 0 Å². The molecule has 0 aliphatic carbocycles. The Bertz CT molecular complexity index is 570. The van der Waals surface area contributed by atoms with Crippen LogP contribution in [0.15, 0.2) is 29.0 Å². The zero-order chi connectivity index (χ0) is 14.5. The largest absolute Gasteiger partial charge is 0.310 e. The summed E-state index contributed by atoms with van der Waals surface area (Å²) in [5.41, 5.74) is 1.19. The maximum absolute atomic E-state index is 6.06. The highest BCUT2D eigenvalue weighted by molar-refractivity contribution is 9.10. The highest BCUT2D eigenvalue weighted by Gasteiger charge is 2.15. The first kappa shape index (κ1) is 15.5. The molecule has 0 aliphatic heterocycles. The van der Waals surface area contributed by atoms with Crippen molar-refractivity contribution in [1.82, 2.24) is 20.1 Å². The number of nitrogens with zero attached hydrogens (tertiary/aromatic N) is 3. The lowest BCUT2D eigenvalue weighted by Gasteiger charge is -2.19. The van der Waals surface area contributed by atoms with Crippen LogP contribution in [0.5, 0.6) is 0 Å². The number of rotatable bonds is 6. The molecule has 1 N–H and O–H groups in total. The van der Waals surface area contributed by atoms with Crippen LogP contribution in [0.4, 0.5) is 0 Å². The fraction of sp³-hybridized carbons (Fsp3) is 0.429. The fourth-order valence-corrected chi connectivity index (χ4v) is 2.56. The first-order chi connectivity index (χ1) is 9.61. The highest BCUT2D eigenvalue weighted by atomic mass is 79.9. The van der Waals surface area contributed by atoms with Crippen molar-refractivity contribution in [3.05, 3.63) is 45.4 Å². The van der Waals surface area contributed by atoms with Gasteiger partial charge in [0, 0.05) is 24.0 Å². The molecule has 4 nitrogen and oxygen atoms in total. The molecule has 0 spiro atoms. The molecule has 0 saturated heterocycles. The van der Waals surface area contributed by atoms with Gasteiger partial charge in [-0.05, 0) is 46.6 Å². The van der Waals surface area contributed by atoms with E-state index in [0.717, 1.165) is 34.7 Å². The number of benzene rings is 1. The van der Waals surface area contributed by atoms with Crippen molar-refractivity contribution in [3.8, 4) is 0 Å². The highest BCUT2D eigenvalue weighted by Crippen LogP contribution is 2.27. The predicted molar refractivity (Wildman–Crippen MR) is 84.9 cm³/mol.